The summed E-state index contributed by atoms with van der Waals surface area (Å²) >= 11 is 0. The van der Waals surface area contributed by atoms with Gasteiger partial charge in [-0.1, -0.05) is 0 Å². The predicted molar refractivity (Wildman–Crippen MR) is 60.4 cm³/mol. The second-order valence-corrected chi connectivity index (χ2v) is 3.78. The van der Waals surface area contributed by atoms with Gasteiger partial charge in [-0.3, -0.25) is 4.79 Å². The van der Waals surface area contributed by atoms with Crippen molar-refractivity contribution in [1.29, 1.82) is 0 Å². The van der Waals surface area contributed by atoms with E-state index in [9.17, 15) is 13.6 Å². The smallest absolute Gasteiger partial charge is 0.309 e. The molecule has 0 saturated carbocycles. The Morgan fingerprint density at radius 3 is 2.50 bits per heavy atom. The Balaban J connectivity index is 2.97. The average Bonchev–Trinajstić information content (AvgIpc) is 2.26. The highest BCUT2D eigenvalue weighted by Crippen LogP contribution is 2.31. The van der Waals surface area contributed by atoms with Gasteiger partial charge in [-0.05, 0) is 18.2 Å². The highest BCUT2D eigenvalue weighted by atomic mass is 19.3. The molecule has 0 radical (unpaired) electrons. The van der Waals surface area contributed by atoms with Gasteiger partial charge in [-0.2, -0.15) is 0 Å². The molecule has 1 rings (SSSR count). The Hall–Kier alpha value is -1.85. The average molecular weight is 260 g/mol. The lowest BCUT2D eigenvalue weighted by Crippen LogP contribution is -2.24. The number of carboxylic acid groups (broad SMARTS) is 1. The van der Waals surface area contributed by atoms with Crippen LogP contribution in [0, 0.1) is 0 Å². The van der Waals surface area contributed by atoms with E-state index in [1.165, 1.54) is 26.4 Å². The molecule has 100 valence electrons. The molecule has 0 bridgehead atoms. The molecule has 0 fully saturated rings. The number of ether oxygens (including phenoxy) is 2. The summed E-state index contributed by atoms with van der Waals surface area (Å²) in [5, 5.41) is 8.42. The van der Waals surface area contributed by atoms with Crippen LogP contribution >= 0.6 is 0 Å². The van der Waals surface area contributed by atoms with Crippen molar-refractivity contribution >= 4 is 5.97 Å². The first-order chi connectivity index (χ1) is 8.38. The molecule has 0 aliphatic rings. The first kappa shape index (κ1) is 14.2. The highest BCUT2D eigenvalue weighted by Gasteiger charge is 2.33. The number of hydrogen-bond donors (Lipinski definition) is 1. The van der Waals surface area contributed by atoms with Crippen molar-refractivity contribution < 1.29 is 28.2 Å². The molecule has 0 aromatic heterocycles. The van der Waals surface area contributed by atoms with Crippen molar-refractivity contribution in [1.82, 2.24) is 0 Å². The number of alkyl halides is 2. The molecular formula is C12H14F2O4. The molecule has 0 aliphatic carbocycles. The molecule has 0 saturated heterocycles. The lowest BCUT2D eigenvalue weighted by atomic mass is 10.0. The molecule has 1 N–H and O–H groups in total. The van der Waals surface area contributed by atoms with E-state index in [0.29, 0.717) is 5.75 Å². The van der Waals surface area contributed by atoms with Gasteiger partial charge in [0.2, 0.25) is 0 Å². The van der Waals surface area contributed by atoms with E-state index in [2.05, 4.69) is 0 Å². The first-order valence-corrected chi connectivity index (χ1v) is 5.18. The van der Waals surface area contributed by atoms with Crippen molar-refractivity contribution in [2.24, 2.45) is 0 Å². The molecule has 1 aromatic rings. The summed E-state index contributed by atoms with van der Waals surface area (Å²) in [7, 11) is 2.78. The van der Waals surface area contributed by atoms with E-state index in [1.54, 1.807) is 6.07 Å². The van der Waals surface area contributed by atoms with Crippen LogP contribution in [0.4, 0.5) is 8.78 Å². The molecule has 0 heterocycles. The summed E-state index contributed by atoms with van der Waals surface area (Å²) in [4.78, 5) is 10.3. The van der Waals surface area contributed by atoms with Crippen molar-refractivity contribution in [2.45, 2.75) is 18.8 Å². The molecule has 0 amide bonds. The molecule has 0 atom stereocenters. The summed E-state index contributed by atoms with van der Waals surface area (Å²) in [5.41, 5.74) is 0.211. The fourth-order valence-corrected chi connectivity index (χ4v) is 1.58. The molecule has 4 nitrogen and oxygen atoms in total. The number of benzene rings is 1. The van der Waals surface area contributed by atoms with E-state index >= 15 is 0 Å². The maximum absolute atomic E-state index is 13.4. The minimum Gasteiger partial charge on any atom is -0.497 e. The standard InChI is InChI=1S/C12H14F2O4/c1-17-9-3-4-10(18-2)8(5-9)6-12(13,14)7-11(15)16/h3-5H,6-7H2,1-2H3,(H,15,16). The minimum absolute atomic E-state index is 0.211. The van der Waals surface area contributed by atoms with Gasteiger partial charge in [0.25, 0.3) is 5.92 Å². The van der Waals surface area contributed by atoms with E-state index in [-0.39, 0.29) is 11.3 Å². The van der Waals surface area contributed by atoms with Crippen molar-refractivity contribution in [2.75, 3.05) is 14.2 Å². The van der Waals surface area contributed by atoms with Gasteiger partial charge < -0.3 is 14.6 Å². The fraction of sp³-hybridized carbons (Fsp3) is 0.417. The molecular weight excluding hydrogens is 246 g/mol. The third-order valence-corrected chi connectivity index (χ3v) is 2.35. The van der Waals surface area contributed by atoms with Crippen molar-refractivity contribution in [3.63, 3.8) is 0 Å². The Morgan fingerprint density at radius 2 is 2.00 bits per heavy atom. The molecule has 0 aliphatic heterocycles. The third-order valence-electron chi connectivity index (χ3n) is 2.35. The highest BCUT2D eigenvalue weighted by molar-refractivity contribution is 5.68. The number of hydrogen-bond acceptors (Lipinski definition) is 3. The lowest BCUT2D eigenvalue weighted by molar-refractivity contribution is -0.144. The molecule has 1 aromatic carbocycles. The van der Waals surface area contributed by atoms with Gasteiger partial charge in [0.05, 0.1) is 14.2 Å². The number of aliphatic carboxylic acids is 1. The van der Waals surface area contributed by atoms with Gasteiger partial charge >= 0.3 is 5.97 Å². The molecule has 18 heavy (non-hydrogen) atoms. The van der Waals surface area contributed by atoms with Crippen LogP contribution in [0.2, 0.25) is 0 Å². The van der Waals surface area contributed by atoms with Crippen molar-refractivity contribution in [3.05, 3.63) is 23.8 Å². The van der Waals surface area contributed by atoms with Gasteiger partial charge in [-0.25, -0.2) is 8.78 Å². The Kier molecular flexibility index (Phi) is 4.47. The van der Waals surface area contributed by atoms with Gasteiger partial charge in [-0.15, -0.1) is 0 Å². The number of halogens is 2. The fourth-order valence-electron chi connectivity index (χ4n) is 1.58. The van der Waals surface area contributed by atoms with E-state index in [4.69, 9.17) is 14.6 Å². The van der Waals surface area contributed by atoms with Crippen LogP contribution in [0.5, 0.6) is 11.5 Å². The zero-order valence-electron chi connectivity index (χ0n) is 10.1. The quantitative estimate of drug-likeness (QED) is 0.853. The molecule has 0 unspecified atom stereocenters. The van der Waals surface area contributed by atoms with E-state index in [0.717, 1.165) is 0 Å². The predicted octanol–water partition coefficient (Wildman–Crippen LogP) is 2.36. The number of carbonyl (C=O) groups is 1. The first-order valence-electron chi connectivity index (χ1n) is 5.18. The number of rotatable bonds is 6. The number of carboxylic acids is 1. The van der Waals surface area contributed by atoms with Crippen LogP contribution in [0.25, 0.3) is 0 Å². The van der Waals surface area contributed by atoms with E-state index in [1.807, 2.05) is 0 Å². The largest absolute Gasteiger partial charge is 0.497 e. The van der Waals surface area contributed by atoms with Crippen LogP contribution in [-0.4, -0.2) is 31.2 Å². The Bertz CT molecular complexity index is 432. The van der Waals surface area contributed by atoms with E-state index < -0.39 is 24.7 Å². The second-order valence-electron chi connectivity index (χ2n) is 3.78. The van der Waals surface area contributed by atoms with Crippen molar-refractivity contribution in [3.8, 4) is 11.5 Å². The van der Waals surface area contributed by atoms with Crippen LogP contribution in [0.15, 0.2) is 18.2 Å². The molecule has 6 heteroatoms. The lowest BCUT2D eigenvalue weighted by Gasteiger charge is -2.16. The second kappa shape index (κ2) is 5.66. The van der Waals surface area contributed by atoms with Crippen LogP contribution in [0.1, 0.15) is 12.0 Å². The monoisotopic (exact) mass is 260 g/mol. The zero-order chi connectivity index (χ0) is 13.8. The summed E-state index contributed by atoms with van der Waals surface area (Å²) in [5.74, 6) is -4.18. The van der Waals surface area contributed by atoms with Crippen LogP contribution in [0.3, 0.4) is 0 Å². The third kappa shape index (κ3) is 3.87. The minimum atomic E-state index is -3.33. The van der Waals surface area contributed by atoms with Gasteiger partial charge in [0.1, 0.15) is 17.9 Å². The Morgan fingerprint density at radius 1 is 1.33 bits per heavy atom. The maximum Gasteiger partial charge on any atom is 0.309 e. The molecule has 0 spiro atoms. The topological polar surface area (TPSA) is 55.8 Å². The van der Waals surface area contributed by atoms with Crippen LogP contribution < -0.4 is 9.47 Å². The summed E-state index contributed by atoms with van der Waals surface area (Å²) < 4.78 is 36.8. The van der Waals surface area contributed by atoms with Gasteiger partial charge in [0.15, 0.2) is 0 Å². The zero-order valence-corrected chi connectivity index (χ0v) is 10.1. The summed E-state index contributed by atoms with van der Waals surface area (Å²) in [6, 6.07) is 4.50. The normalized spacial score (nSPS) is 11.1. The maximum atomic E-state index is 13.4. The SMILES string of the molecule is COc1ccc(OC)c(CC(F)(F)CC(=O)O)c1. The van der Waals surface area contributed by atoms with Gasteiger partial charge in [0, 0.05) is 12.0 Å². The summed E-state index contributed by atoms with van der Waals surface area (Å²) in [6.45, 7) is 0. The van der Waals surface area contributed by atoms with Crippen LogP contribution in [-0.2, 0) is 11.2 Å². The Labute approximate surface area is 103 Å². The number of methoxy groups -OCH3 is 2. The summed E-state index contributed by atoms with van der Waals surface area (Å²) in [6.07, 6.45) is -1.92.